The molecule has 1 fully saturated rings. The normalized spacial score (nSPS) is 16.2. The lowest BCUT2D eigenvalue weighted by molar-refractivity contribution is -0.384. The van der Waals surface area contributed by atoms with Crippen LogP contribution in [0.4, 0.5) is 11.5 Å². The molecule has 0 bridgehead atoms. The molecular weight excluding hydrogens is 248 g/mol. The van der Waals surface area contributed by atoms with Gasteiger partial charge in [0.1, 0.15) is 0 Å². The summed E-state index contributed by atoms with van der Waals surface area (Å²) in [6.45, 7) is 1.21. The fourth-order valence-electron chi connectivity index (χ4n) is 2.33. The zero-order valence-electron chi connectivity index (χ0n) is 10.7. The molecule has 1 N–H and O–H groups in total. The number of aromatic nitrogens is 1. The van der Waals surface area contributed by atoms with Crippen molar-refractivity contribution in [2.24, 2.45) is 5.92 Å². The lowest BCUT2D eigenvalue weighted by Gasteiger charge is -2.31. The van der Waals surface area contributed by atoms with Crippen molar-refractivity contribution in [3.05, 3.63) is 28.4 Å². The summed E-state index contributed by atoms with van der Waals surface area (Å²) < 4.78 is 0. The van der Waals surface area contributed by atoms with Gasteiger partial charge in [0.05, 0.1) is 4.92 Å². The van der Waals surface area contributed by atoms with Gasteiger partial charge in [-0.25, -0.2) is 4.98 Å². The highest BCUT2D eigenvalue weighted by Gasteiger charge is 2.28. The molecule has 1 aromatic rings. The van der Waals surface area contributed by atoms with E-state index in [1.165, 1.54) is 6.07 Å². The van der Waals surface area contributed by atoms with Crippen molar-refractivity contribution in [3.63, 3.8) is 0 Å². The van der Waals surface area contributed by atoms with Gasteiger partial charge in [-0.2, -0.15) is 0 Å². The Kier molecular flexibility index (Phi) is 3.94. The SMILES string of the molecule is CNC(=O)C1CCN(c2ncccc2[N+](=O)[O-])CC1. The summed E-state index contributed by atoms with van der Waals surface area (Å²) in [5.41, 5.74) is 0.0147. The largest absolute Gasteiger partial charge is 0.359 e. The minimum absolute atomic E-state index is 0.0102. The van der Waals surface area contributed by atoms with Gasteiger partial charge < -0.3 is 10.2 Å². The second-order valence-electron chi connectivity index (χ2n) is 4.48. The van der Waals surface area contributed by atoms with Crippen LogP contribution in [0.15, 0.2) is 18.3 Å². The first-order valence-corrected chi connectivity index (χ1v) is 6.19. The molecule has 1 aromatic heterocycles. The van der Waals surface area contributed by atoms with Gasteiger partial charge in [0, 0.05) is 38.3 Å². The molecule has 2 heterocycles. The third-order valence-corrected chi connectivity index (χ3v) is 3.37. The van der Waals surface area contributed by atoms with Crippen molar-refractivity contribution in [3.8, 4) is 0 Å². The number of pyridine rings is 1. The molecule has 1 saturated heterocycles. The van der Waals surface area contributed by atoms with E-state index in [0.29, 0.717) is 31.7 Å². The fraction of sp³-hybridized carbons (Fsp3) is 0.500. The lowest BCUT2D eigenvalue weighted by Crippen LogP contribution is -2.40. The van der Waals surface area contributed by atoms with E-state index in [9.17, 15) is 14.9 Å². The lowest BCUT2D eigenvalue weighted by atomic mass is 9.96. The minimum Gasteiger partial charge on any atom is -0.359 e. The number of rotatable bonds is 3. The maximum atomic E-state index is 11.5. The molecule has 0 aliphatic carbocycles. The van der Waals surface area contributed by atoms with E-state index in [1.807, 2.05) is 4.90 Å². The summed E-state index contributed by atoms with van der Waals surface area (Å²) in [6.07, 6.45) is 2.92. The average molecular weight is 264 g/mol. The van der Waals surface area contributed by atoms with Crippen molar-refractivity contribution < 1.29 is 9.72 Å². The van der Waals surface area contributed by atoms with Crippen LogP contribution in [0.1, 0.15) is 12.8 Å². The van der Waals surface area contributed by atoms with Crippen LogP contribution in [0.2, 0.25) is 0 Å². The van der Waals surface area contributed by atoms with Gasteiger partial charge >= 0.3 is 5.69 Å². The standard InChI is InChI=1S/C12H16N4O3/c1-13-12(17)9-4-7-15(8-5-9)11-10(16(18)19)3-2-6-14-11/h2-3,6,9H,4-5,7-8H2,1H3,(H,13,17). The van der Waals surface area contributed by atoms with Crippen LogP contribution in [-0.4, -0.2) is 36.0 Å². The Morgan fingerprint density at radius 2 is 2.21 bits per heavy atom. The highest BCUT2D eigenvalue weighted by molar-refractivity contribution is 5.78. The second-order valence-corrected chi connectivity index (χ2v) is 4.48. The van der Waals surface area contributed by atoms with Crippen LogP contribution in [0.5, 0.6) is 0 Å². The van der Waals surface area contributed by atoms with Crippen LogP contribution in [-0.2, 0) is 4.79 Å². The number of nitrogens with zero attached hydrogens (tertiary/aromatic N) is 3. The monoisotopic (exact) mass is 264 g/mol. The molecule has 1 amide bonds. The average Bonchev–Trinajstić information content (AvgIpc) is 2.46. The molecule has 19 heavy (non-hydrogen) atoms. The number of anilines is 1. The summed E-state index contributed by atoms with van der Waals surface area (Å²) in [4.78, 5) is 28.0. The topological polar surface area (TPSA) is 88.4 Å². The maximum absolute atomic E-state index is 11.5. The number of piperidine rings is 1. The van der Waals surface area contributed by atoms with Gasteiger partial charge in [0.15, 0.2) is 0 Å². The van der Waals surface area contributed by atoms with E-state index in [4.69, 9.17) is 0 Å². The van der Waals surface area contributed by atoms with Crippen molar-refractivity contribution >= 4 is 17.4 Å². The Labute approximate surface area is 110 Å². The Balaban J connectivity index is 2.10. The number of carbonyl (C=O) groups is 1. The van der Waals surface area contributed by atoms with Crippen molar-refractivity contribution in [2.75, 3.05) is 25.0 Å². The van der Waals surface area contributed by atoms with Crippen LogP contribution >= 0.6 is 0 Å². The highest BCUT2D eigenvalue weighted by atomic mass is 16.6. The van der Waals surface area contributed by atoms with Gasteiger partial charge in [0.25, 0.3) is 0 Å². The van der Waals surface area contributed by atoms with E-state index >= 15 is 0 Å². The predicted molar refractivity (Wildman–Crippen MR) is 69.9 cm³/mol. The number of carbonyl (C=O) groups excluding carboxylic acids is 1. The van der Waals surface area contributed by atoms with Gasteiger partial charge in [-0.05, 0) is 18.9 Å². The molecule has 0 unspecified atom stereocenters. The van der Waals surface area contributed by atoms with E-state index in [-0.39, 0.29) is 17.5 Å². The van der Waals surface area contributed by atoms with Crippen LogP contribution in [0, 0.1) is 16.0 Å². The highest BCUT2D eigenvalue weighted by Crippen LogP contribution is 2.28. The smallest absolute Gasteiger partial charge is 0.311 e. The van der Waals surface area contributed by atoms with Gasteiger partial charge in [-0.3, -0.25) is 14.9 Å². The first-order valence-electron chi connectivity index (χ1n) is 6.19. The summed E-state index contributed by atoms with van der Waals surface area (Å²) in [7, 11) is 1.62. The minimum atomic E-state index is -0.423. The predicted octanol–water partition coefficient (Wildman–Crippen LogP) is 0.952. The molecule has 0 atom stereocenters. The maximum Gasteiger partial charge on any atom is 0.311 e. The molecule has 0 radical (unpaired) electrons. The molecule has 0 spiro atoms. The molecule has 1 aliphatic rings. The zero-order chi connectivity index (χ0) is 13.8. The molecule has 0 saturated carbocycles. The van der Waals surface area contributed by atoms with Gasteiger partial charge in [-0.15, -0.1) is 0 Å². The molecule has 1 aliphatic heterocycles. The Bertz CT molecular complexity index is 484. The van der Waals surface area contributed by atoms with Gasteiger partial charge in [0.2, 0.25) is 11.7 Å². The molecule has 7 nitrogen and oxygen atoms in total. The van der Waals surface area contributed by atoms with Crippen LogP contribution < -0.4 is 10.2 Å². The third kappa shape index (κ3) is 2.81. The number of nitro groups is 1. The first-order chi connectivity index (χ1) is 9.13. The van der Waals surface area contributed by atoms with E-state index < -0.39 is 4.92 Å². The number of hydrogen-bond donors (Lipinski definition) is 1. The number of amides is 1. The Morgan fingerprint density at radius 3 is 2.79 bits per heavy atom. The Hall–Kier alpha value is -2.18. The number of hydrogen-bond acceptors (Lipinski definition) is 5. The molecule has 2 rings (SSSR count). The molecular formula is C12H16N4O3. The summed E-state index contributed by atoms with van der Waals surface area (Å²) in [6, 6.07) is 3.01. The fourth-order valence-corrected chi connectivity index (χ4v) is 2.33. The Morgan fingerprint density at radius 1 is 1.53 bits per heavy atom. The molecule has 0 aromatic carbocycles. The zero-order valence-corrected chi connectivity index (χ0v) is 10.7. The van der Waals surface area contributed by atoms with E-state index in [1.54, 1.807) is 19.3 Å². The number of nitrogens with one attached hydrogen (secondary N) is 1. The van der Waals surface area contributed by atoms with Crippen LogP contribution in [0.3, 0.4) is 0 Å². The quantitative estimate of drug-likeness (QED) is 0.648. The van der Waals surface area contributed by atoms with Crippen LogP contribution in [0.25, 0.3) is 0 Å². The van der Waals surface area contributed by atoms with E-state index in [2.05, 4.69) is 10.3 Å². The first kappa shape index (κ1) is 13.3. The third-order valence-electron chi connectivity index (χ3n) is 3.37. The van der Waals surface area contributed by atoms with E-state index in [0.717, 1.165) is 0 Å². The molecule has 102 valence electrons. The summed E-state index contributed by atoms with van der Waals surface area (Å²) >= 11 is 0. The van der Waals surface area contributed by atoms with Crippen molar-refractivity contribution in [2.45, 2.75) is 12.8 Å². The second kappa shape index (κ2) is 5.64. The molecule has 7 heteroatoms. The summed E-state index contributed by atoms with van der Waals surface area (Å²) in [5, 5.41) is 13.6. The summed E-state index contributed by atoms with van der Waals surface area (Å²) in [5.74, 6) is 0.419. The van der Waals surface area contributed by atoms with Crippen molar-refractivity contribution in [1.82, 2.24) is 10.3 Å². The van der Waals surface area contributed by atoms with Gasteiger partial charge in [-0.1, -0.05) is 0 Å². The van der Waals surface area contributed by atoms with Crippen molar-refractivity contribution in [1.29, 1.82) is 0 Å².